The fraction of sp³-hybridized carbons (Fsp3) is 0.708. The maximum Gasteiger partial charge on any atom is 0.460 e. The lowest BCUT2D eigenvalue weighted by molar-refractivity contribution is -0.396. The van der Waals surface area contributed by atoms with Crippen LogP contribution in [0.25, 0.3) is 0 Å². The van der Waals surface area contributed by atoms with E-state index in [0.717, 1.165) is 44.2 Å². The summed E-state index contributed by atoms with van der Waals surface area (Å²) in [6.07, 6.45) is -1.81. The van der Waals surface area contributed by atoms with Crippen LogP contribution >= 0.6 is 0 Å². The highest BCUT2D eigenvalue weighted by molar-refractivity contribution is 5.75. The second-order valence-electron chi connectivity index (χ2n) is 9.13. The first-order valence-corrected chi connectivity index (χ1v) is 11.6. The molecule has 0 spiro atoms. The molecular weight excluding hydrogens is 491 g/mol. The van der Waals surface area contributed by atoms with Gasteiger partial charge in [-0.3, -0.25) is 4.79 Å². The Kier molecular flexibility index (Phi) is 9.55. The van der Waals surface area contributed by atoms with Gasteiger partial charge in [0.05, 0.1) is 5.92 Å². The number of ether oxygens (including phenoxy) is 1. The zero-order chi connectivity index (χ0) is 26.5. The van der Waals surface area contributed by atoms with Crippen LogP contribution in [0.2, 0.25) is 0 Å². The smallest absolute Gasteiger partial charge is 0.426 e. The van der Waals surface area contributed by atoms with Crippen LogP contribution in [0.15, 0.2) is 24.3 Å². The second kappa shape index (κ2) is 11.4. The fourth-order valence-electron chi connectivity index (χ4n) is 4.16. The van der Waals surface area contributed by atoms with Crippen molar-refractivity contribution in [2.45, 2.75) is 95.1 Å². The van der Waals surface area contributed by atoms with Gasteiger partial charge in [-0.15, -0.1) is 0 Å². The molecule has 0 atom stereocenters. The SMILES string of the molecule is CCCCC[C@H]1CC[C@H](C(=O)Oc2ccc(CCC(F)(F)C(F)(F)C(F)(F)C(F)(F)F)cc2)CC1. The minimum absolute atomic E-state index is 0.0248. The van der Waals surface area contributed by atoms with Gasteiger partial charge in [0.25, 0.3) is 0 Å². The lowest BCUT2D eigenvalue weighted by Gasteiger charge is -2.33. The summed E-state index contributed by atoms with van der Waals surface area (Å²) in [4.78, 5) is 12.4. The van der Waals surface area contributed by atoms with Crippen molar-refractivity contribution in [2.24, 2.45) is 11.8 Å². The topological polar surface area (TPSA) is 26.3 Å². The Labute approximate surface area is 198 Å². The Bertz CT molecular complexity index is 811. The molecule has 1 aromatic carbocycles. The third kappa shape index (κ3) is 7.06. The molecular formula is C24H29F9O2. The summed E-state index contributed by atoms with van der Waals surface area (Å²) in [5.41, 5.74) is -0.0248. The molecule has 0 radical (unpaired) electrons. The highest BCUT2D eigenvalue weighted by atomic mass is 19.4. The van der Waals surface area contributed by atoms with E-state index in [4.69, 9.17) is 4.74 Å². The molecule has 1 fully saturated rings. The molecule has 2 rings (SSSR count). The van der Waals surface area contributed by atoms with Crippen molar-refractivity contribution in [3.05, 3.63) is 29.8 Å². The molecule has 0 saturated heterocycles. The first kappa shape index (κ1) is 29.3. The van der Waals surface area contributed by atoms with Gasteiger partial charge in [-0.2, -0.15) is 39.5 Å². The van der Waals surface area contributed by atoms with Gasteiger partial charge in [0, 0.05) is 6.42 Å². The lowest BCUT2D eigenvalue weighted by Crippen LogP contribution is -2.60. The molecule has 1 aromatic rings. The number of carbonyl (C=O) groups is 1. The first-order chi connectivity index (χ1) is 16.1. The van der Waals surface area contributed by atoms with Gasteiger partial charge < -0.3 is 4.74 Å². The van der Waals surface area contributed by atoms with E-state index in [-0.39, 0.29) is 17.2 Å². The number of hydrogen-bond acceptors (Lipinski definition) is 2. The number of aryl methyl sites for hydroxylation is 1. The molecule has 200 valence electrons. The molecule has 2 nitrogen and oxygen atoms in total. The Balaban J connectivity index is 1.88. The molecule has 0 heterocycles. The highest BCUT2D eigenvalue weighted by Gasteiger charge is 2.81. The largest absolute Gasteiger partial charge is 0.460 e. The van der Waals surface area contributed by atoms with E-state index in [2.05, 4.69) is 6.92 Å². The van der Waals surface area contributed by atoms with Crippen molar-refractivity contribution in [3.8, 4) is 5.75 Å². The fourth-order valence-corrected chi connectivity index (χ4v) is 4.16. The molecule has 1 aliphatic rings. The van der Waals surface area contributed by atoms with Gasteiger partial charge in [0.15, 0.2) is 0 Å². The minimum atomic E-state index is -6.89. The Morgan fingerprint density at radius 3 is 1.94 bits per heavy atom. The summed E-state index contributed by atoms with van der Waals surface area (Å²) in [5, 5.41) is 0. The van der Waals surface area contributed by atoms with Crippen LogP contribution in [0.5, 0.6) is 5.75 Å². The predicted molar refractivity (Wildman–Crippen MR) is 111 cm³/mol. The van der Waals surface area contributed by atoms with Gasteiger partial charge in [-0.05, 0) is 55.7 Å². The average Bonchev–Trinajstić information content (AvgIpc) is 2.78. The lowest BCUT2D eigenvalue weighted by atomic mass is 9.80. The number of rotatable bonds is 11. The minimum Gasteiger partial charge on any atom is -0.426 e. The first-order valence-electron chi connectivity index (χ1n) is 11.6. The molecule has 0 amide bonds. The number of benzene rings is 1. The van der Waals surface area contributed by atoms with Crippen LogP contribution in [0.3, 0.4) is 0 Å². The van der Waals surface area contributed by atoms with Crippen LogP contribution in [0, 0.1) is 11.8 Å². The van der Waals surface area contributed by atoms with Crippen LogP contribution in [0.1, 0.15) is 70.3 Å². The second-order valence-corrected chi connectivity index (χ2v) is 9.13. The van der Waals surface area contributed by atoms with Crippen molar-refractivity contribution >= 4 is 5.97 Å². The number of esters is 1. The van der Waals surface area contributed by atoms with Crippen molar-refractivity contribution < 1.29 is 49.0 Å². The quantitative estimate of drug-likeness (QED) is 0.127. The average molecular weight is 520 g/mol. The molecule has 0 aliphatic heterocycles. The Hall–Kier alpha value is -1.94. The third-order valence-corrected chi connectivity index (χ3v) is 6.48. The summed E-state index contributed by atoms with van der Waals surface area (Å²) < 4.78 is 122. The van der Waals surface area contributed by atoms with Gasteiger partial charge in [-0.1, -0.05) is 44.7 Å². The number of alkyl halides is 9. The van der Waals surface area contributed by atoms with Crippen molar-refractivity contribution in [3.63, 3.8) is 0 Å². The van der Waals surface area contributed by atoms with Gasteiger partial charge in [-0.25, -0.2) is 0 Å². The molecule has 1 saturated carbocycles. The summed E-state index contributed by atoms with van der Waals surface area (Å²) in [5.74, 6) is -19.2. The van der Waals surface area contributed by atoms with E-state index in [0.29, 0.717) is 18.8 Å². The Morgan fingerprint density at radius 2 is 1.43 bits per heavy atom. The molecule has 11 heteroatoms. The zero-order valence-corrected chi connectivity index (χ0v) is 19.3. The Morgan fingerprint density at radius 1 is 0.857 bits per heavy atom. The molecule has 0 unspecified atom stereocenters. The van der Waals surface area contributed by atoms with E-state index < -0.39 is 42.8 Å². The van der Waals surface area contributed by atoms with Crippen LogP contribution in [-0.4, -0.2) is 29.9 Å². The van der Waals surface area contributed by atoms with Crippen molar-refractivity contribution in [1.82, 2.24) is 0 Å². The maximum absolute atomic E-state index is 13.7. The van der Waals surface area contributed by atoms with E-state index in [1.54, 1.807) is 0 Å². The monoisotopic (exact) mass is 520 g/mol. The van der Waals surface area contributed by atoms with Crippen LogP contribution in [-0.2, 0) is 11.2 Å². The molecule has 35 heavy (non-hydrogen) atoms. The molecule has 0 aromatic heterocycles. The summed E-state index contributed by atoms with van der Waals surface area (Å²) in [7, 11) is 0. The van der Waals surface area contributed by atoms with E-state index in [1.165, 1.54) is 18.6 Å². The van der Waals surface area contributed by atoms with E-state index in [9.17, 15) is 44.3 Å². The summed E-state index contributed by atoms with van der Waals surface area (Å²) in [6.45, 7) is 2.13. The van der Waals surface area contributed by atoms with Crippen LogP contribution < -0.4 is 4.74 Å². The molecule has 0 bridgehead atoms. The molecule has 1 aliphatic carbocycles. The maximum atomic E-state index is 13.7. The summed E-state index contributed by atoms with van der Waals surface area (Å²) in [6, 6.07) is 4.77. The number of halogens is 9. The van der Waals surface area contributed by atoms with E-state index in [1.807, 2.05) is 0 Å². The van der Waals surface area contributed by atoms with Gasteiger partial charge in [0.1, 0.15) is 5.75 Å². The van der Waals surface area contributed by atoms with E-state index >= 15 is 0 Å². The number of carbonyl (C=O) groups excluding carboxylic acids is 1. The number of hydrogen-bond donors (Lipinski definition) is 0. The highest BCUT2D eigenvalue weighted by Crippen LogP contribution is 2.54. The van der Waals surface area contributed by atoms with Gasteiger partial charge >= 0.3 is 29.9 Å². The zero-order valence-electron chi connectivity index (χ0n) is 19.3. The van der Waals surface area contributed by atoms with Crippen molar-refractivity contribution in [2.75, 3.05) is 0 Å². The van der Waals surface area contributed by atoms with Crippen LogP contribution in [0.4, 0.5) is 39.5 Å². The van der Waals surface area contributed by atoms with Gasteiger partial charge in [0.2, 0.25) is 0 Å². The normalized spacial score (nSPS) is 20.1. The standard InChI is InChI=1S/C24H29F9O2/c1-2-3-4-5-16-6-10-18(11-7-16)20(34)35-19-12-8-17(9-13-19)14-15-21(25,26)22(27,28)23(29,30)24(31,32)33/h8-9,12-13,16,18H,2-7,10-11,14-15H2,1H3/t16-,18-. The summed E-state index contributed by atoms with van der Waals surface area (Å²) >= 11 is 0. The third-order valence-electron chi connectivity index (χ3n) is 6.48. The molecule has 0 N–H and O–H groups in total. The number of unbranched alkanes of at least 4 members (excludes halogenated alkanes) is 2. The van der Waals surface area contributed by atoms with Crippen molar-refractivity contribution in [1.29, 1.82) is 0 Å². The predicted octanol–water partition coefficient (Wildman–Crippen LogP) is 8.38.